The van der Waals surface area contributed by atoms with Crippen molar-refractivity contribution in [1.29, 1.82) is 0 Å². The van der Waals surface area contributed by atoms with Crippen LogP contribution in [0.1, 0.15) is 29.7 Å². The molecule has 1 amide bonds. The highest BCUT2D eigenvalue weighted by Gasteiger charge is 2.40. The average Bonchev–Trinajstić information content (AvgIpc) is 3.72. The molecule has 2 aromatic carbocycles. The van der Waals surface area contributed by atoms with Gasteiger partial charge in [0.25, 0.3) is 0 Å². The van der Waals surface area contributed by atoms with Crippen LogP contribution in [0.15, 0.2) is 60.4 Å². The highest BCUT2D eigenvalue weighted by atomic mass is 35.5. The van der Waals surface area contributed by atoms with Gasteiger partial charge in [-0.15, -0.1) is 0 Å². The lowest BCUT2D eigenvalue weighted by molar-refractivity contribution is 0.102. The largest absolute Gasteiger partial charge is 0.445 e. The first-order valence-electron chi connectivity index (χ1n) is 14.6. The summed E-state index contributed by atoms with van der Waals surface area (Å²) in [6.45, 7) is 7.38. The van der Waals surface area contributed by atoms with Crippen molar-refractivity contribution in [3.05, 3.63) is 82.3 Å². The number of aryl methyl sites for hydroxylation is 1. The molecule has 4 heterocycles. The Kier molecular flexibility index (Phi) is 7.19. The van der Waals surface area contributed by atoms with Gasteiger partial charge in [0, 0.05) is 50.0 Å². The van der Waals surface area contributed by atoms with Crippen LogP contribution in [0.25, 0.3) is 17.1 Å². The molecule has 2 aliphatic heterocycles. The molecule has 42 heavy (non-hydrogen) atoms. The van der Waals surface area contributed by atoms with E-state index < -0.39 is 0 Å². The molecular weight excluding hydrogens is 550 g/mol. The maximum Gasteiger partial charge on any atom is 0.410 e. The summed E-state index contributed by atoms with van der Waals surface area (Å²) in [6.07, 6.45) is 5.56. The Labute approximate surface area is 250 Å². The second kappa shape index (κ2) is 11.3. The SMILES string of the molecule is Cc1ccc(Cl)cc1N1CCN(c2ncnc3n[nH]c(C=C4C[C@@H]5CN(C(=O)OCc6ccccc6)C[C@@H]5C4)c23)CC1. The fourth-order valence-corrected chi connectivity index (χ4v) is 6.89. The van der Waals surface area contributed by atoms with Gasteiger partial charge in [0.1, 0.15) is 18.8 Å². The van der Waals surface area contributed by atoms with Gasteiger partial charge in [-0.05, 0) is 60.9 Å². The number of fused-ring (bicyclic) bond motifs is 2. The number of nitrogens with one attached hydrogen (secondary N) is 1. The van der Waals surface area contributed by atoms with Crippen LogP contribution >= 0.6 is 11.6 Å². The minimum absolute atomic E-state index is 0.217. The first-order valence-corrected chi connectivity index (χ1v) is 15.0. The third-order valence-electron chi connectivity index (χ3n) is 8.89. The fourth-order valence-electron chi connectivity index (χ4n) is 6.73. The van der Waals surface area contributed by atoms with Crippen LogP contribution in [-0.2, 0) is 11.3 Å². The quantitative estimate of drug-likeness (QED) is 0.322. The number of H-pyrrole nitrogens is 1. The van der Waals surface area contributed by atoms with Crippen molar-refractivity contribution in [3.63, 3.8) is 0 Å². The normalized spacial score (nSPS) is 21.4. The molecule has 2 aromatic heterocycles. The van der Waals surface area contributed by atoms with Gasteiger partial charge in [0.15, 0.2) is 5.65 Å². The molecule has 0 bridgehead atoms. The number of nitrogens with zero attached hydrogens (tertiary/aromatic N) is 6. The van der Waals surface area contributed by atoms with Gasteiger partial charge in [0.2, 0.25) is 0 Å². The number of amides is 1. The zero-order chi connectivity index (χ0) is 28.6. The highest BCUT2D eigenvalue weighted by Crippen LogP contribution is 2.42. The third kappa shape index (κ3) is 5.29. The van der Waals surface area contributed by atoms with Gasteiger partial charge in [-0.3, -0.25) is 5.10 Å². The number of hydrogen-bond donors (Lipinski definition) is 1. The Morgan fingerprint density at radius 2 is 1.76 bits per heavy atom. The number of anilines is 2. The summed E-state index contributed by atoms with van der Waals surface area (Å²) in [7, 11) is 0. The minimum Gasteiger partial charge on any atom is -0.445 e. The molecule has 1 saturated carbocycles. The molecule has 7 rings (SSSR count). The molecule has 3 aliphatic rings. The van der Waals surface area contributed by atoms with E-state index in [1.54, 1.807) is 6.33 Å². The number of piperazine rings is 1. The number of rotatable bonds is 5. The number of benzene rings is 2. The molecule has 10 heteroatoms. The van der Waals surface area contributed by atoms with Crippen molar-refractivity contribution in [3.8, 4) is 0 Å². The van der Waals surface area contributed by atoms with Gasteiger partial charge in [0.05, 0.1) is 11.1 Å². The molecule has 1 N–H and O–H groups in total. The van der Waals surface area contributed by atoms with E-state index in [2.05, 4.69) is 50.1 Å². The van der Waals surface area contributed by atoms with E-state index in [-0.39, 0.29) is 6.09 Å². The maximum atomic E-state index is 12.7. The predicted octanol–water partition coefficient (Wildman–Crippen LogP) is 5.70. The van der Waals surface area contributed by atoms with Gasteiger partial charge < -0.3 is 19.4 Å². The van der Waals surface area contributed by atoms with Gasteiger partial charge in [-0.1, -0.05) is 53.6 Å². The average molecular weight is 584 g/mol. The zero-order valence-electron chi connectivity index (χ0n) is 23.7. The Balaban J connectivity index is 1.01. The molecular formula is C32H34ClN7O2. The fraction of sp³-hybridized carbons (Fsp3) is 0.375. The van der Waals surface area contributed by atoms with Crippen LogP contribution in [0.2, 0.25) is 5.02 Å². The Hall–Kier alpha value is -4.11. The Morgan fingerprint density at radius 3 is 2.52 bits per heavy atom. The monoisotopic (exact) mass is 583 g/mol. The second-order valence-corrected chi connectivity index (χ2v) is 12.1. The molecule has 1 aliphatic carbocycles. The van der Waals surface area contributed by atoms with E-state index in [9.17, 15) is 4.79 Å². The van der Waals surface area contributed by atoms with Gasteiger partial charge >= 0.3 is 6.09 Å². The third-order valence-corrected chi connectivity index (χ3v) is 9.12. The summed E-state index contributed by atoms with van der Waals surface area (Å²) in [5, 5.41) is 9.47. The maximum absolute atomic E-state index is 12.7. The molecule has 0 radical (unpaired) electrons. The summed E-state index contributed by atoms with van der Waals surface area (Å²) < 4.78 is 5.58. The second-order valence-electron chi connectivity index (χ2n) is 11.6. The molecule has 2 saturated heterocycles. The molecule has 216 valence electrons. The molecule has 4 aromatic rings. The zero-order valence-corrected chi connectivity index (χ0v) is 24.4. The number of likely N-dealkylation sites (tertiary alicyclic amines) is 1. The summed E-state index contributed by atoms with van der Waals surface area (Å²) in [5.74, 6) is 1.83. The molecule has 0 unspecified atom stereocenters. The number of carbonyl (C=O) groups is 1. The van der Waals surface area contributed by atoms with E-state index in [1.807, 2.05) is 41.3 Å². The van der Waals surface area contributed by atoms with E-state index in [0.29, 0.717) is 24.1 Å². The van der Waals surface area contributed by atoms with Crippen molar-refractivity contribution in [1.82, 2.24) is 25.1 Å². The molecule has 3 fully saturated rings. The van der Waals surface area contributed by atoms with Gasteiger partial charge in [-0.2, -0.15) is 5.10 Å². The number of carbonyl (C=O) groups excluding carboxylic acids is 1. The molecule has 9 nitrogen and oxygen atoms in total. The van der Waals surface area contributed by atoms with Crippen molar-refractivity contribution >= 4 is 46.3 Å². The smallest absolute Gasteiger partial charge is 0.410 e. The molecule has 0 spiro atoms. The summed E-state index contributed by atoms with van der Waals surface area (Å²) in [6, 6.07) is 15.9. The van der Waals surface area contributed by atoms with E-state index in [1.165, 1.54) is 16.8 Å². The summed E-state index contributed by atoms with van der Waals surface area (Å²) in [4.78, 5) is 28.5. The summed E-state index contributed by atoms with van der Waals surface area (Å²) >= 11 is 6.29. The lowest BCUT2D eigenvalue weighted by Crippen LogP contribution is -2.47. The van der Waals surface area contributed by atoms with E-state index in [0.717, 1.165) is 79.6 Å². The van der Waals surface area contributed by atoms with E-state index >= 15 is 0 Å². The first kappa shape index (κ1) is 26.8. The number of aromatic amines is 1. The predicted molar refractivity (Wildman–Crippen MR) is 165 cm³/mol. The highest BCUT2D eigenvalue weighted by molar-refractivity contribution is 6.30. The number of hydrogen-bond acceptors (Lipinski definition) is 7. The number of allylic oxidation sites excluding steroid dienone is 1. The van der Waals surface area contributed by atoms with Crippen LogP contribution in [0, 0.1) is 18.8 Å². The Morgan fingerprint density at radius 1 is 1.02 bits per heavy atom. The van der Waals surface area contributed by atoms with Crippen LogP contribution < -0.4 is 9.80 Å². The van der Waals surface area contributed by atoms with Crippen molar-refractivity contribution in [2.24, 2.45) is 11.8 Å². The first-order chi connectivity index (χ1) is 20.5. The lowest BCUT2D eigenvalue weighted by atomic mass is 10.0. The number of aromatic nitrogens is 4. The molecule has 2 atom stereocenters. The lowest BCUT2D eigenvalue weighted by Gasteiger charge is -2.37. The van der Waals surface area contributed by atoms with Crippen LogP contribution in [0.3, 0.4) is 0 Å². The number of ether oxygens (including phenoxy) is 1. The van der Waals surface area contributed by atoms with Crippen LogP contribution in [0.5, 0.6) is 0 Å². The Bertz CT molecular complexity index is 1610. The van der Waals surface area contributed by atoms with Crippen LogP contribution in [-0.4, -0.2) is 70.4 Å². The topological polar surface area (TPSA) is 90.5 Å². The van der Waals surface area contributed by atoms with Crippen LogP contribution in [0.4, 0.5) is 16.3 Å². The van der Waals surface area contributed by atoms with E-state index in [4.69, 9.17) is 21.3 Å². The van der Waals surface area contributed by atoms with Crippen molar-refractivity contribution in [2.75, 3.05) is 49.1 Å². The standard InChI is InChI=1S/C32H34ClN7O2/c1-21-7-8-26(33)16-28(21)38-9-11-39(12-10-38)31-29-27(36-37-30(29)34-20-35-31)15-23-13-24-17-40(18-25(24)14-23)32(41)42-19-22-5-3-2-4-6-22/h2-8,15-16,20,24-25H,9-14,17-19H2,1H3,(H,34,35,36,37)/t24-,25+. The minimum atomic E-state index is -0.217. The van der Waals surface area contributed by atoms with Gasteiger partial charge in [-0.25, -0.2) is 14.8 Å². The summed E-state index contributed by atoms with van der Waals surface area (Å²) in [5.41, 5.74) is 6.45. The number of halogens is 1. The van der Waals surface area contributed by atoms with Crippen molar-refractivity contribution < 1.29 is 9.53 Å². The van der Waals surface area contributed by atoms with Crippen molar-refractivity contribution in [2.45, 2.75) is 26.4 Å².